The molecule has 0 unspecified atom stereocenters. The second-order valence-electron chi connectivity index (χ2n) is 1.80. The van der Waals surface area contributed by atoms with Crippen molar-refractivity contribution in [3.8, 4) is 0 Å². The molecule has 0 radical (unpaired) electrons. The minimum absolute atomic E-state index is 0. The van der Waals surface area contributed by atoms with Crippen molar-refractivity contribution >= 4 is 30.8 Å². The van der Waals surface area contributed by atoms with Gasteiger partial charge < -0.3 is 10.2 Å². The van der Waals surface area contributed by atoms with Crippen LogP contribution in [0.1, 0.15) is 12.8 Å². The van der Waals surface area contributed by atoms with Crippen LogP contribution in [0.15, 0.2) is 12.2 Å². The Bertz CT molecular complexity index is 175. The van der Waals surface area contributed by atoms with E-state index in [0.717, 1.165) is 0 Å². The monoisotopic (exact) mass is 152 g/mol. The van der Waals surface area contributed by atoms with Crippen LogP contribution in [0.3, 0.4) is 0 Å². The Kier molecular flexibility index (Phi) is 7.06. The Hall–Kier alpha value is -0.723. The summed E-state index contributed by atoms with van der Waals surface area (Å²) in [6, 6.07) is 0. The van der Waals surface area contributed by atoms with Gasteiger partial charge in [0.2, 0.25) is 0 Å². The number of hydrogen-bond acceptors (Lipinski definition) is 2. The number of rotatable bonds is 4. The van der Waals surface area contributed by atoms with E-state index in [4.69, 9.17) is 10.2 Å². The molecule has 0 bridgehead atoms. The van der Waals surface area contributed by atoms with Gasteiger partial charge in [0.15, 0.2) is 0 Å². The predicted octanol–water partition coefficient (Wildman–Crippen LogP) is -0.156. The Morgan fingerprint density at radius 1 is 1.18 bits per heavy atom. The van der Waals surface area contributed by atoms with Crippen molar-refractivity contribution in [2.75, 3.05) is 0 Å². The molecule has 0 aliphatic carbocycles. The molecule has 0 saturated heterocycles. The molecule has 0 saturated carbocycles. The fourth-order valence-electron chi connectivity index (χ4n) is 0.365. The van der Waals surface area contributed by atoms with Crippen molar-refractivity contribution in [3.05, 3.63) is 12.2 Å². The van der Waals surface area contributed by atoms with Gasteiger partial charge in [-0.2, -0.15) is 0 Å². The first-order valence-electron chi connectivity index (χ1n) is 2.67. The number of carbonyl (C=O) groups is 2. The molecule has 0 spiro atoms. The minimum atomic E-state index is -1.14. The number of carboxylic acid groups (broad SMARTS) is 2. The average Bonchev–Trinajstić information content (AvgIpc) is 1.82. The summed E-state index contributed by atoms with van der Waals surface area (Å²) >= 11 is 0. The second kappa shape index (κ2) is 6.02. The molecule has 0 heterocycles. The van der Waals surface area contributed by atoms with Crippen molar-refractivity contribution in [1.82, 2.24) is 0 Å². The zero-order chi connectivity index (χ0) is 8.15. The SMILES string of the molecule is C=C(CCC(=O)O)C(=O)O.[LiH]. The Labute approximate surface area is 76.1 Å². The zero-order valence-electron chi connectivity index (χ0n) is 5.33. The van der Waals surface area contributed by atoms with E-state index >= 15 is 0 Å². The third kappa shape index (κ3) is 7.17. The van der Waals surface area contributed by atoms with Crippen molar-refractivity contribution in [1.29, 1.82) is 0 Å². The summed E-state index contributed by atoms with van der Waals surface area (Å²) in [6.07, 6.45) is -0.171. The standard InChI is InChI=1S/C6H8O4.Li.H/c1-4(6(9)10)2-3-5(7)8;;/h1-3H2,(H,7,8)(H,9,10);;. The van der Waals surface area contributed by atoms with Crippen LogP contribution in [0.4, 0.5) is 0 Å². The summed E-state index contributed by atoms with van der Waals surface area (Å²) in [7, 11) is 0. The van der Waals surface area contributed by atoms with Gasteiger partial charge in [0.25, 0.3) is 0 Å². The first-order chi connectivity index (χ1) is 4.54. The van der Waals surface area contributed by atoms with E-state index in [2.05, 4.69) is 6.58 Å². The molecular weight excluding hydrogens is 143 g/mol. The molecule has 0 aliphatic heterocycles. The average molecular weight is 152 g/mol. The van der Waals surface area contributed by atoms with Gasteiger partial charge in [0, 0.05) is 12.0 Å². The van der Waals surface area contributed by atoms with Crippen molar-refractivity contribution in [2.45, 2.75) is 12.8 Å². The summed E-state index contributed by atoms with van der Waals surface area (Å²) in [4.78, 5) is 19.9. The first-order valence-corrected chi connectivity index (χ1v) is 2.67. The third-order valence-electron chi connectivity index (χ3n) is 0.943. The maximum absolute atomic E-state index is 10.0. The molecule has 0 aromatic carbocycles. The number of carboxylic acids is 2. The molecule has 4 nitrogen and oxygen atoms in total. The van der Waals surface area contributed by atoms with Gasteiger partial charge in [-0.3, -0.25) is 4.79 Å². The molecule has 0 atom stereocenters. The molecule has 0 aromatic heterocycles. The molecule has 0 fully saturated rings. The molecule has 0 amide bonds. The van der Waals surface area contributed by atoms with E-state index in [1.165, 1.54) is 0 Å². The third-order valence-corrected chi connectivity index (χ3v) is 0.943. The van der Waals surface area contributed by atoms with Gasteiger partial charge in [-0.1, -0.05) is 6.58 Å². The van der Waals surface area contributed by atoms with E-state index in [0.29, 0.717) is 0 Å². The van der Waals surface area contributed by atoms with Crippen molar-refractivity contribution in [3.63, 3.8) is 0 Å². The Morgan fingerprint density at radius 2 is 1.64 bits per heavy atom. The molecule has 0 rings (SSSR count). The maximum atomic E-state index is 10.0. The molecule has 5 heteroatoms. The normalized spacial score (nSPS) is 8.00. The fourth-order valence-corrected chi connectivity index (χ4v) is 0.365. The molecule has 2 N–H and O–H groups in total. The van der Waals surface area contributed by atoms with E-state index in [1.54, 1.807) is 0 Å². The molecule has 58 valence electrons. The topological polar surface area (TPSA) is 74.6 Å². The summed E-state index contributed by atoms with van der Waals surface area (Å²) < 4.78 is 0. The van der Waals surface area contributed by atoms with Crippen molar-refractivity contribution in [2.24, 2.45) is 0 Å². The van der Waals surface area contributed by atoms with Gasteiger partial charge in [-0.05, 0) is 6.42 Å². The van der Waals surface area contributed by atoms with Gasteiger partial charge >= 0.3 is 30.8 Å². The molecule has 11 heavy (non-hydrogen) atoms. The van der Waals surface area contributed by atoms with Crippen LogP contribution >= 0.6 is 0 Å². The molecule has 0 aliphatic rings. The van der Waals surface area contributed by atoms with Crippen molar-refractivity contribution < 1.29 is 19.8 Å². The van der Waals surface area contributed by atoms with E-state index < -0.39 is 11.9 Å². The van der Waals surface area contributed by atoms with Crippen LogP contribution in [0.5, 0.6) is 0 Å². The summed E-state index contributed by atoms with van der Waals surface area (Å²) in [5.41, 5.74) is -0.0672. The van der Waals surface area contributed by atoms with Crippen LogP contribution in [0.2, 0.25) is 0 Å². The quantitative estimate of drug-likeness (QED) is 0.433. The fraction of sp³-hybridized carbons (Fsp3) is 0.333. The summed E-state index contributed by atoms with van der Waals surface area (Å²) in [5, 5.41) is 16.3. The van der Waals surface area contributed by atoms with E-state index in [-0.39, 0.29) is 37.3 Å². The van der Waals surface area contributed by atoms with E-state index in [1.807, 2.05) is 0 Å². The Balaban J connectivity index is 0. The van der Waals surface area contributed by atoms with Gasteiger partial charge in [0.1, 0.15) is 0 Å². The van der Waals surface area contributed by atoms with Crippen LogP contribution in [0.25, 0.3) is 0 Å². The van der Waals surface area contributed by atoms with E-state index in [9.17, 15) is 9.59 Å². The summed E-state index contributed by atoms with van der Waals surface area (Å²) in [6.45, 7) is 3.16. The predicted molar refractivity (Wildman–Crippen MR) is 40.8 cm³/mol. The van der Waals surface area contributed by atoms with Gasteiger partial charge in [-0.15, -0.1) is 0 Å². The Morgan fingerprint density at radius 3 is 1.91 bits per heavy atom. The summed E-state index contributed by atoms with van der Waals surface area (Å²) in [5.74, 6) is -2.15. The number of hydrogen-bond donors (Lipinski definition) is 2. The van der Waals surface area contributed by atoms with Crippen LogP contribution in [-0.4, -0.2) is 41.0 Å². The molecular formula is C6H9LiO4. The first kappa shape index (κ1) is 12.9. The van der Waals surface area contributed by atoms with Crippen LogP contribution in [-0.2, 0) is 9.59 Å². The zero-order valence-corrected chi connectivity index (χ0v) is 5.33. The second-order valence-corrected chi connectivity index (χ2v) is 1.80. The van der Waals surface area contributed by atoms with Crippen LogP contribution in [0, 0.1) is 0 Å². The number of aliphatic carboxylic acids is 2. The van der Waals surface area contributed by atoms with Gasteiger partial charge in [0.05, 0.1) is 0 Å². The van der Waals surface area contributed by atoms with Gasteiger partial charge in [-0.25, -0.2) is 4.79 Å². The molecule has 0 aromatic rings. The van der Waals surface area contributed by atoms with Crippen LogP contribution < -0.4 is 0 Å².